The predicted molar refractivity (Wildman–Crippen MR) is 67.3 cm³/mol. The average Bonchev–Trinajstić information content (AvgIpc) is 2.84. The molecule has 0 aromatic carbocycles. The summed E-state index contributed by atoms with van der Waals surface area (Å²) in [5, 5.41) is 9.46. The average molecular weight is 252 g/mol. The van der Waals surface area contributed by atoms with E-state index in [1.54, 1.807) is 9.80 Å². The molecule has 1 saturated heterocycles. The molecule has 1 unspecified atom stereocenters. The molecule has 100 valence electrons. The number of carboxylic acids is 1. The Labute approximate surface area is 107 Å². The second kappa shape index (κ2) is 5.00. The van der Waals surface area contributed by atoms with Crippen LogP contribution in [0, 0.1) is 0 Å². The summed E-state index contributed by atoms with van der Waals surface area (Å²) in [6.45, 7) is 3.68. The van der Waals surface area contributed by atoms with Gasteiger partial charge in [-0.2, -0.15) is 0 Å². The molecule has 0 saturated carbocycles. The molecule has 2 amide bonds. The van der Waals surface area contributed by atoms with Crippen LogP contribution in [0.2, 0.25) is 0 Å². The summed E-state index contributed by atoms with van der Waals surface area (Å²) in [4.78, 5) is 27.3. The summed E-state index contributed by atoms with van der Waals surface area (Å²) >= 11 is 0. The van der Waals surface area contributed by atoms with Crippen molar-refractivity contribution in [3.63, 3.8) is 0 Å². The van der Waals surface area contributed by atoms with Gasteiger partial charge in [-0.05, 0) is 25.7 Å². The van der Waals surface area contributed by atoms with Crippen LogP contribution in [0.5, 0.6) is 0 Å². The Kier molecular flexibility index (Phi) is 3.59. The third kappa shape index (κ3) is 1.98. The molecule has 2 aliphatic rings. The van der Waals surface area contributed by atoms with Gasteiger partial charge in [0.2, 0.25) is 0 Å². The first kappa shape index (κ1) is 12.9. The molecule has 0 aromatic heterocycles. The van der Waals surface area contributed by atoms with Crippen molar-refractivity contribution in [2.75, 3.05) is 19.6 Å². The van der Waals surface area contributed by atoms with Gasteiger partial charge in [0.1, 0.15) is 5.54 Å². The van der Waals surface area contributed by atoms with E-state index in [1.165, 1.54) is 0 Å². The van der Waals surface area contributed by atoms with Crippen molar-refractivity contribution < 1.29 is 14.7 Å². The van der Waals surface area contributed by atoms with Crippen molar-refractivity contribution >= 4 is 12.0 Å². The van der Waals surface area contributed by atoms with Gasteiger partial charge in [-0.25, -0.2) is 9.59 Å². The van der Waals surface area contributed by atoms with Crippen molar-refractivity contribution in [3.05, 3.63) is 12.2 Å². The fourth-order valence-corrected chi connectivity index (χ4v) is 2.88. The monoisotopic (exact) mass is 252 g/mol. The molecule has 1 N–H and O–H groups in total. The number of rotatable bonds is 2. The topological polar surface area (TPSA) is 60.9 Å². The van der Waals surface area contributed by atoms with E-state index in [9.17, 15) is 14.7 Å². The summed E-state index contributed by atoms with van der Waals surface area (Å²) in [5.74, 6) is -0.872. The number of hydrogen-bond donors (Lipinski definition) is 1. The molecule has 0 bridgehead atoms. The third-order valence-corrected chi connectivity index (χ3v) is 4.03. The van der Waals surface area contributed by atoms with Crippen LogP contribution < -0.4 is 0 Å². The molecule has 0 radical (unpaired) electrons. The first-order valence-electron chi connectivity index (χ1n) is 6.57. The van der Waals surface area contributed by atoms with E-state index in [0.29, 0.717) is 32.5 Å². The normalized spacial score (nSPS) is 27.6. The summed E-state index contributed by atoms with van der Waals surface area (Å²) in [6, 6.07) is -0.124. The maximum Gasteiger partial charge on any atom is 0.329 e. The minimum atomic E-state index is -0.988. The van der Waals surface area contributed by atoms with Gasteiger partial charge in [0.25, 0.3) is 0 Å². The third-order valence-electron chi connectivity index (χ3n) is 4.03. The van der Waals surface area contributed by atoms with E-state index in [0.717, 1.165) is 12.8 Å². The zero-order valence-electron chi connectivity index (χ0n) is 10.8. The van der Waals surface area contributed by atoms with Gasteiger partial charge in [-0.1, -0.05) is 19.1 Å². The molecule has 5 heteroatoms. The number of carbonyl (C=O) groups excluding carboxylic acids is 1. The van der Waals surface area contributed by atoms with E-state index >= 15 is 0 Å². The van der Waals surface area contributed by atoms with Gasteiger partial charge < -0.3 is 14.9 Å². The molecule has 1 fully saturated rings. The fourth-order valence-electron chi connectivity index (χ4n) is 2.88. The van der Waals surface area contributed by atoms with E-state index in [-0.39, 0.29) is 6.03 Å². The van der Waals surface area contributed by atoms with E-state index in [1.807, 2.05) is 13.0 Å². The lowest BCUT2D eigenvalue weighted by Gasteiger charge is -2.37. The number of carboxylic acid groups (broad SMARTS) is 1. The van der Waals surface area contributed by atoms with Crippen LogP contribution in [-0.4, -0.2) is 52.1 Å². The maximum atomic E-state index is 12.4. The minimum absolute atomic E-state index is 0.124. The van der Waals surface area contributed by atoms with Crippen LogP contribution in [-0.2, 0) is 4.79 Å². The van der Waals surface area contributed by atoms with Crippen LogP contribution in [0.3, 0.4) is 0 Å². The van der Waals surface area contributed by atoms with Crippen molar-refractivity contribution in [1.82, 2.24) is 9.80 Å². The number of amides is 2. The Balaban J connectivity index is 2.18. The second-order valence-corrected chi connectivity index (χ2v) is 4.93. The lowest BCUT2D eigenvalue weighted by atomic mass is 9.93. The molecule has 0 spiro atoms. The van der Waals surface area contributed by atoms with Crippen molar-refractivity contribution in [2.24, 2.45) is 0 Å². The van der Waals surface area contributed by atoms with Crippen LogP contribution in [0.4, 0.5) is 4.79 Å². The van der Waals surface area contributed by atoms with Crippen LogP contribution in [0.15, 0.2) is 12.2 Å². The molecule has 2 rings (SSSR count). The van der Waals surface area contributed by atoms with E-state index < -0.39 is 11.5 Å². The summed E-state index contributed by atoms with van der Waals surface area (Å²) in [6.07, 6.45) is 6.68. The van der Waals surface area contributed by atoms with E-state index in [2.05, 4.69) is 6.08 Å². The first-order chi connectivity index (χ1) is 8.62. The maximum absolute atomic E-state index is 12.4. The van der Waals surface area contributed by atoms with Gasteiger partial charge in [0.15, 0.2) is 0 Å². The molecule has 2 heterocycles. The molecule has 0 aromatic rings. The Hall–Kier alpha value is -1.52. The lowest BCUT2D eigenvalue weighted by Crippen LogP contribution is -2.56. The van der Waals surface area contributed by atoms with Gasteiger partial charge >= 0.3 is 12.0 Å². The Morgan fingerprint density at radius 3 is 2.67 bits per heavy atom. The molecular formula is C13H20N2O3. The molecule has 5 nitrogen and oxygen atoms in total. The van der Waals surface area contributed by atoms with Crippen LogP contribution >= 0.6 is 0 Å². The van der Waals surface area contributed by atoms with Crippen molar-refractivity contribution in [1.29, 1.82) is 0 Å². The molecule has 1 atom stereocenters. The van der Waals surface area contributed by atoms with E-state index in [4.69, 9.17) is 0 Å². The number of urea groups is 1. The Morgan fingerprint density at radius 2 is 2.11 bits per heavy atom. The summed E-state index contributed by atoms with van der Waals surface area (Å²) < 4.78 is 0. The highest BCUT2D eigenvalue weighted by atomic mass is 16.4. The van der Waals surface area contributed by atoms with Gasteiger partial charge in [-0.3, -0.25) is 0 Å². The van der Waals surface area contributed by atoms with Crippen LogP contribution in [0.1, 0.15) is 32.6 Å². The molecule has 0 aliphatic carbocycles. The molecule has 2 aliphatic heterocycles. The van der Waals surface area contributed by atoms with Gasteiger partial charge in [0.05, 0.1) is 0 Å². The Morgan fingerprint density at radius 1 is 1.33 bits per heavy atom. The number of likely N-dealkylation sites (tertiary alicyclic amines) is 1. The lowest BCUT2D eigenvalue weighted by molar-refractivity contribution is -0.148. The largest absolute Gasteiger partial charge is 0.479 e. The first-order valence-corrected chi connectivity index (χ1v) is 6.57. The van der Waals surface area contributed by atoms with Gasteiger partial charge in [-0.15, -0.1) is 0 Å². The number of aliphatic carboxylic acids is 1. The SMILES string of the molecule is CCC1(C(=O)O)CCCN1C(=O)N1CC=CCC1. The molecular weight excluding hydrogens is 232 g/mol. The standard InChI is InChI=1S/C13H20N2O3/c1-2-13(11(16)17)7-6-10-15(13)12(18)14-8-4-3-5-9-14/h3-4H,2,5-10H2,1H3,(H,16,17). The number of nitrogens with zero attached hydrogens (tertiary/aromatic N) is 2. The zero-order valence-corrected chi connectivity index (χ0v) is 10.8. The highest BCUT2D eigenvalue weighted by molar-refractivity contribution is 5.87. The highest BCUT2D eigenvalue weighted by Crippen LogP contribution is 2.33. The summed E-state index contributed by atoms with van der Waals surface area (Å²) in [7, 11) is 0. The predicted octanol–water partition coefficient (Wildman–Crippen LogP) is 1.70. The smallest absolute Gasteiger partial charge is 0.329 e. The van der Waals surface area contributed by atoms with Crippen molar-refractivity contribution in [2.45, 2.75) is 38.1 Å². The molecule has 18 heavy (non-hydrogen) atoms. The van der Waals surface area contributed by atoms with Crippen molar-refractivity contribution in [3.8, 4) is 0 Å². The quantitative estimate of drug-likeness (QED) is 0.761. The number of hydrogen-bond acceptors (Lipinski definition) is 2. The number of carbonyl (C=O) groups is 2. The zero-order chi connectivity index (χ0) is 13.2. The van der Waals surface area contributed by atoms with Gasteiger partial charge in [0, 0.05) is 19.6 Å². The Bertz CT molecular complexity index is 380. The minimum Gasteiger partial charge on any atom is -0.479 e. The second-order valence-electron chi connectivity index (χ2n) is 4.93. The fraction of sp³-hybridized carbons (Fsp3) is 0.692. The highest BCUT2D eigenvalue weighted by Gasteiger charge is 2.49. The summed E-state index contributed by atoms with van der Waals surface area (Å²) in [5.41, 5.74) is -0.988. The van der Waals surface area contributed by atoms with Crippen LogP contribution in [0.25, 0.3) is 0 Å².